The van der Waals surface area contributed by atoms with Gasteiger partial charge >= 0.3 is 5.97 Å². The molecule has 206 valence electrons. The standard InChI is InChI=1S/C29H30F2N2O5S/c1-5-36-27(34)14-20-6-7-22(30)15-25(20)37-17-18-10-21-13-26(31)38-28(21)24(11-18)19-8-9-32-23(12-19)16-33-39(35)29(2,3)4/h6-13,15,33H,5,14,16-17H2,1-4H3/t39-/m0/s1. The summed E-state index contributed by atoms with van der Waals surface area (Å²) in [7, 11) is 0. The van der Waals surface area contributed by atoms with Crippen LogP contribution in [0.5, 0.6) is 5.75 Å². The molecule has 0 aliphatic carbocycles. The average Bonchev–Trinajstić information content (AvgIpc) is 3.26. The van der Waals surface area contributed by atoms with Crippen molar-refractivity contribution in [3.8, 4) is 16.9 Å². The van der Waals surface area contributed by atoms with Gasteiger partial charge < -0.3 is 18.4 Å². The van der Waals surface area contributed by atoms with Gasteiger partial charge in [-0.15, -0.1) is 4.72 Å². The summed E-state index contributed by atoms with van der Waals surface area (Å²) in [5.41, 5.74) is 3.50. The van der Waals surface area contributed by atoms with Crippen LogP contribution in [0, 0.1) is 11.8 Å². The molecule has 0 unspecified atom stereocenters. The molecule has 0 spiro atoms. The second kappa shape index (κ2) is 12.1. The minimum Gasteiger partial charge on any atom is -0.598 e. The fraction of sp³-hybridized carbons (Fsp3) is 0.310. The Bertz CT molecular complexity index is 1470. The van der Waals surface area contributed by atoms with E-state index in [2.05, 4.69) is 9.71 Å². The fourth-order valence-electron chi connectivity index (χ4n) is 3.92. The van der Waals surface area contributed by atoms with E-state index < -0.39 is 33.9 Å². The zero-order chi connectivity index (χ0) is 28.2. The molecular formula is C29H30F2N2O5S. The molecule has 4 aromatic rings. The number of benzene rings is 2. The van der Waals surface area contributed by atoms with Gasteiger partial charge in [-0.3, -0.25) is 9.78 Å². The molecule has 7 nitrogen and oxygen atoms in total. The fourth-order valence-corrected chi connectivity index (χ4v) is 4.63. The maximum Gasteiger partial charge on any atom is 0.310 e. The van der Waals surface area contributed by atoms with Crippen LogP contribution in [0.25, 0.3) is 22.1 Å². The molecule has 2 aromatic carbocycles. The lowest BCUT2D eigenvalue weighted by molar-refractivity contribution is -0.142. The third-order valence-corrected chi connectivity index (χ3v) is 7.30. The number of carbonyl (C=O) groups is 1. The summed E-state index contributed by atoms with van der Waals surface area (Å²) in [5.74, 6) is -0.732. The number of furan rings is 1. The second-order valence-electron chi connectivity index (χ2n) is 9.87. The monoisotopic (exact) mass is 556 g/mol. The highest BCUT2D eigenvalue weighted by Gasteiger charge is 2.26. The summed E-state index contributed by atoms with van der Waals surface area (Å²) in [5, 5.41) is 0.528. The average molecular weight is 557 g/mol. The van der Waals surface area contributed by atoms with Crippen LogP contribution in [0.1, 0.15) is 44.5 Å². The molecule has 0 amide bonds. The molecule has 0 aliphatic heterocycles. The first kappa shape index (κ1) is 28.5. The zero-order valence-corrected chi connectivity index (χ0v) is 23.0. The van der Waals surface area contributed by atoms with E-state index >= 15 is 0 Å². The normalized spacial score (nSPS) is 12.5. The highest BCUT2D eigenvalue weighted by molar-refractivity contribution is 7.90. The second-order valence-corrected chi connectivity index (χ2v) is 11.9. The van der Waals surface area contributed by atoms with E-state index in [1.165, 1.54) is 24.3 Å². The van der Waals surface area contributed by atoms with Crippen molar-refractivity contribution in [3.63, 3.8) is 0 Å². The lowest BCUT2D eigenvalue weighted by Crippen LogP contribution is -2.39. The number of nitrogens with one attached hydrogen (secondary N) is 1. The van der Waals surface area contributed by atoms with Gasteiger partial charge in [0.2, 0.25) is 0 Å². The van der Waals surface area contributed by atoms with Crippen LogP contribution < -0.4 is 9.46 Å². The van der Waals surface area contributed by atoms with E-state index in [0.717, 1.165) is 5.56 Å². The molecule has 1 atom stereocenters. The van der Waals surface area contributed by atoms with Gasteiger partial charge in [0.25, 0.3) is 6.01 Å². The third-order valence-electron chi connectivity index (χ3n) is 5.78. The zero-order valence-electron chi connectivity index (χ0n) is 22.2. The summed E-state index contributed by atoms with van der Waals surface area (Å²) in [4.78, 5) is 16.3. The number of halogens is 2. The van der Waals surface area contributed by atoms with Crippen LogP contribution in [0.3, 0.4) is 0 Å². The predicted molar refractivity (Wildman–Crippen MR) is 145 cm³/mol. The van der Waals surface area contributed by atoms with Gasteiger partial charge in [-0.05, 0) is 69.2 Å². The number of rotatable bonds is 10. The van der Waals surface area contributed by atoms with Gasteiger partial charge in [0.05, 0.1) is 25.3 Å². The Balaban J connectivity index is 1.61. The van der Waals surface area contributed by atoms with Crippen LogP contribution in [0.15, 0.2) is 59.1 Å². The first-order valence-corrected chi connectivity index (χ1v) is 13.6. The number of hydrogen-bond acceptors (Lipinski definition) is 7. The molecule has 1 N–H and O–H groups in total. The number of nitrogens with zero attached hydrogens (tertiary/aromatic N) is 1. The van der Waals surface area contributed by atoms with Crippen LogP contribution in [0.4, 0.5) is 8.78 Å². The molecule has 10 heteroatoms. The predicted octanol–water partition coefficient (Wildman–Crippen LogP) is 6.01. The number of esters is 1. The molecule has 0 aliphatic rings. The summed E-state index contributed by atoms with van der Waals surface area (Å²) in [6.07, 6.45) is 1.56. The van der Waals surface area contributed by atoms with Crippen molar-refractivity contribution in [1.29, 1.82) is 0 Å². The molecule has 0 bridgehead atoms. The lowest BCUT2D eigenvalue weighted by atomic mass is 10.0. The maximum atomic E-state index is 14.1. The van der Waals surface area contributed by atoms with Crippen molar-refractivity contribution in [1.82, 2.24) is 9.71 Å². The van der Waals surface area contributed by atoms with Gasteiger partial charge in [0, 0.05) is 46.2 Å². The summed E-state index contributed by atoms with van der Waals surface area (Å²) >= 11 is -1.27. The Morgan fingerprint density at radius 1 is 1.13 bits per heavy atom. The number of hydrogen-bond donors (Lipinski definition) is 1. The Labute approximate surface area is 228 Å². The molecule has 0 radical (unpaired) electrons. The van der Waals surface area contributed by atoms with E-state index in [0.29, 0.717) is 33.4 Å². The molecule has 39 heavy (non-hydrogen) atoms. The molecule has 2 aromatic heterocycles. The topological polar surface area (TPSA) is 96.7 Å². The highest BCUT2D eigenvalue weighted by Crippen LogP contribution is 2.33. The smallest absolute Gasteiger partial charge is 0.310 e. The SMILES string of the molecule is CCOC(=O)Cc1ccc(F)cc1OCc1cc(-c2ccnc(CN[S@@+]([O-])C(C)(C)C)c2)c2oc(F)cc2c1. The van der Waals surface area contributed by atoms with Gasteiger partial charge in [0.1, 0.15) is 28.5 Å². The number of carbonyl (C=O) groups excluding carboxylic acids is 1. The van der Waals surface area contributed by atoms with Crippen LogP contribution in [0.2, 0.25) is 0 Å². The van der Waals surface area contributed by atoms with Gasteiger partial charge in [-0.1, -0.05) is 6.07 Å². The first-order valence-electron chi connectivity index (χ1n) is 12.4. The van der Waals surface area contributed by atoms with Crippen LogP contribution >= 0.6 is 0 Å². The Morgan fingerprint density at radius 2 is 1.92 bits per heavy atom. The quantitative estimate of drug-likeness (QED) is 0.189. The van der Waals surface area contributed by atoms with E-state index in [4.69, 9.17) is 13.9 Å². The van der Waals surface area contributed by atoms with Crippen molar-refractivity contribution < 1.29 is 32.0 Å². The highest BCUT2D eigenvalue weighted by atomic mass is 32.2. The van der Waals surface area contributed by atoms with Gasteiger partial charge in [-0.2, -0.15) is 4.39 Å². The van der Waals surface area contributed by atoms with Crippen LogP contribution in [-0.2, 0) is 40.5 Å². The van der Waals surface area contributed by atoms with Crippen molar-refractivity contribution in [3.05, 3.63) is 83.4 Å². The summed E-state index contributed by atoms with van der Waals surface area (Å²) in [6, 6.07) is 11.6. The van der Waals surface area contributed by atoms with E-state index in [9.17, 15) is 18.1 Å². The molecule has 4 rings (SSSR count). The molecule has 0 fully saturated rings. The van der Waals surface area contributed by atoms with E-state index in [1.54, 1.807) is 31.3 Å². The third kappa shape index (κ3) is 7.35. The van der Waals surface area contributed by atoms with Crippen LogP contribution in [-0.4, -0.2) is 26.9 Å². The summed E-state index contributed by atoms with van der Waals surface area (Å²) in [6.45, 7) is 7.87. The number of pyridine rings is 1. The van der Waals surface area contributed by atoms with E-state index in [1.807, 2.05) is 26.8 Å². The number of aromatic nitrogens is 1. The van der Waals surface area contributed by atoms with Crippen molar-refractivity contribution in [2.75, 3.05) is 6.61 Å². The van der Waals surface area contributed by atoms with Gasteiger partial charge in [0.15, 0.2) is 0 Å². The Kier molecular flexibility index (Phi) is 8.89. The largest absolute Gasteiger partial charge is 0.598 e. The van der Waals surface area contributed by atoms with Crippen molar-refractivity contribution in [2.24, 2.45) is 0 Å². The Hall–Kier alpha value is -3.47. The number of ether oxygens (including phenoxy) is 2. The molecular weight excluding hydrogens is 526 g/mol. The molecule has 2 heterocycles. The van der Waals surface area contributed by atoms with Crippen molar-refractivity contribution in [2.45, 2.75) is 52.0 Å². The van der Waals surface area contributed by atoms with Crippen molar-refractivity contribution >= 4 is 28.3 Å². The first-order chi connectivity index (χ1) is 18.5. The van der Waals surface area contributed by atoms with Gasteiger partial charge in [-0.25, -0.2) is 4.39 Å². The minimum absolute atomic E-state index is 0.0269. The Morgan fingerprint density at radius 3 is 2.67 bits per heavy atom. The maximum absolute atomic E-state index is 14.1. The number of fused-ring (bicyclic) bond motifs is 1. The molecule has 0 saturated carbocycles. The molecule has 0 saturated heterocycles. The minimum atomic E-state index is -1.27. The lowest BCUT2D eigenvalue weighted by Gasteiger charge is -2.23. The van der Waals surface area contributed by atoms with E-state index in [-0.39, 0.29) is 31.9 Å². The summed E-state index contributed by atoms with van der Waals surface area (Å²) < 4.78 is 59.4.